The molecule has 0 radical (unpaired) electrons. The maximum atomic E-state index is 10.4. The van der Waals surface area contributed by atoms with E-state index in [4.69, 9.17) is 9.97 Å². The first-order chi connectivity index (χ1) is 14.2. The first-order valence-corrected chi connectivity index (χ1v) is 9.95. The summed E-state index contributed by atoms with van der Waals surface area (Å²) in [7, 11) is 0. The zero-order valence-corrected chi connectivity index (χ0v) is 16.3. The molecule has 1 atom stereocenters. The van der Waals surface area contributed by atoms with Crippen LogP contribution in [-0.2, 0) is 0 Å². The van der Waals surface area contributed by atoms with Crippen molar-refractivity contribution in [3.8, 4) is 17.1 Å². The van der Waals surface area contributed by atoms with Crippen LogP contribution in [0.5, 0.6) is 5.75 Å². The van der Waals surface area contributed by atoms with Gasteiger partial charge in [0.1, 0.15) is 11.6 Å². The van der Waals surface area contributed by atoms with Crippen LogP contribution in [0.25, 0.3) is 22.3 Å². The van der Waals surface area contributed by atoms with Crippen LogP contribution in [-0.4, -0.2) is 26.6 Å². The Kier molecular flexibility index (Phi) is 4.35. The van der Waals surface area contributed by atoms with Gasteiger partial charge in [-0.1, -0.05) is 24.3 Å². The van der Waals surface area contributed by atoms with Crippen LogP contribution in [0.15, 0.2) is 66.9 Å². The third-order valence-electron chi connectivity index (χ3n) is 5.53. The predicted molar refractivity (Wildman–Crippen MR) is 115 cm³/mol. The minimum Gasteiger partial charge on any atom is -0.507 e. The average molecular weight is 382 g/mol. The van der Waals surface area contributed by atoms with E-state index in [-0.39, 0.29) is 11.8 Å². The molecule has 0 saturated carbocycles. The summed E-state index contributed by atoms with van der Waals surface area (Å²) in [6.45, 7) is 2.98. The number of hydrogen-bond donors (Lipinski definition) is 1. The van der Waals surface area contributed by atoms with Crippen LogP contribution in [0, 0.1) is 6.92 Å². The van der Waals surface area contributed by atoms with E-state index in [2.05, 4.69) is 41.1 Å². The van der Waals surface area contributed by atoms with E-state index in [1.165, 1.54) is 0 Å². The molecular formula is C24H22N4O. The number of aryl methyl sites for hydroxylation is 1. The normalized spacial score (nSPS) is 16.4. The van der Waals surface area contributed by atoms with Crippen molar-refractivity contribution in [3.05, 3.63) is 78.1 Å². The number of benzene rings is 2. The standard InChI is InChI=1S/C24H22N4O/c1-16-11-12-17-20(15-16)26-23(18-7-2-3-10-22(18)29)27-24(17)28-14-6-9-21(28)19-8-4-5-13-25-19/h2-5,7-8,10-13,15,21,29H,6,9,14H2,1H3. The number of anilines is 1. The minimum absolute atomic E-state index is 0.188. The molecule has 5 heteroatoms. The Morgan fingerprint density at radius 2 is 1.86 bits per heavy atom. The third kappa shape index (κ3) is 3.18. The molecule has 29 heavy (non-hydrogen) atoms. The van der Waals surface area contributed by atoms with Gasteiger partial charge in [0.15, 0.2) is 5.82 Å². The Morgan fingerprint density at radius 3 is 2.69 bits per heavy atom. The smallest absolute Gasteiger partial charge is 0.165 e. The molecule has 0 amide bonds. The topological polar surface area (TPSA) is 62.1 Å². The van der Waals surface area contributed by atoms with Crippen LogP contribution < -0.4 is 4.90 Å². The second-order valence-corrected chi connectivity index (χ2v) is 7.51. The van der Waals surface area contributed by atoms with E-state index >= 15 is 0 Å². The minimum atomic E-state index is 0.188. The highest BCUT2D eigenvalue weighted by Crippen LogP contribution is 2.39. The van der Waals surface area contributed by atoms with Gasteiger partial charge in [-0.3, -0.25) is 4.98 Å². The summed E-state index contributed by atoms with van der Waals surface area (Å²) in [5.41, 5.74) is 3.74. The van der Waals surface area contributed by atoms with E-state index in [0.717, 1.165) is 47.4 Å². The summed E-state index contributed by atoms with van der Waals surface area (Å²) >= 11 is 0. The van der Waals surface area contributed by atoms with Crippen molar-refractivity contribution in [2.45, 2.75) is 25.8 Å². The fourth-order valence-electron chi connectivity index (χ4n) is 4.13. The van der Waals surface area contributed by atoms with Crippen LogP contribution in [0.2, 0.25) is 0 Å². The number of para-hydroxylation sites is 1. The van der Waals surface area contributed by atoms with Crippen molar-refractivity contribution in [2.75, 3.05) is 11.4 Å². The number of hydrogen-bond acceptors (Lipinski definition) is 5. The van der Waals surface area contributed by atoms with E-state index in [1.807, 2.05) is 36.5 Å². The number of phenols is 1. The monoisotopic (exact) mass is 382 g/mol. The predicted octanol–water partition coefficient (Wildman–Crippen LogP) is 5.05. The summed E-state index contributed by atoms with van der Waals surface area (Å²) < 4.78 is 0. The molecule has 0 bridgehead atoms. The lowest BCUT2D eigenvalue weighted by Gasteiger charge is -2.27. The quantitative estimate of drug-likeness (QED) is 0.537. The lowest BCUT2D eigenvalue weighted by Crippen LogP contribution is -2.25. The van der Waals surface area contributed by atoms with Gasteiger partial charge >= 0.3 is 0 Å². The fraction of sp³-hybridized carbons (Fsp3) is 0.208. The van der Waals surface area contributed by atoms with E-state index in [1.54, 1.807) is 6.07 Å². The van der Waals surface area contributed by atoms with Crippen molar-refractivity contribution in [3.63, 3.8) is 0 Å². The average Bonchev–Trinajstić information content (AvgIpc) is 3.23. The highest BCUT2D eigenvalue weighted by atomic mass is 16.3. The van der Waals surface area contributed by atoms with Gasteiger partial charge in [-0.05, 0) is 61.7 Å². The Bertz CT molecular complexity index is 1180. The number of aromatic nitrogens is 3. The SMILES string of the molecule is Cc1ccc2c(N3CCCC3c3ccccn3)nc(-c3ccccc3O)nc2c1. The van der Waals surface area contributed by atoms with Gasteiger partial charge in [0.25, 0.3) is 0 Å². The van der Waals surface area contributed by atoms with Crippen LogP contribution >= 0.6 is 0 Å². The lowest BCUT2D eigenvalue weighted by atomic mass is 10.1. The van der Waals surface area contributed by atoms with Crippen molar-refractivity contribution in [2.24, 2.45) is 0 Å². The van der Waals surface area contributed by atoms with Crippen LogP contribution in [0.3, 0.4) is 0 Å². The molecule has 5 nitrogen and oxygen atoms in total. The first-order valence-electron chi connectivity index (χ1n) is 9.95. The molecule has 1 aliphatic rings. The molecule has 4 aromatic rings. The van der Waals surface area contributed by atoms with Gasteiger partial charge in [-0.25, -0.2) is 9.97 Å². The largest absolute Gasteiger partial charge is 0.507 e. The second kappa shape index (κ2) is 7.17. The van der Waals surface area contributed by atoms with E-state index in [9.17, 15) is 5.11 Å². The maximum Gasteiger partial charge on any atom is 0.165 e. The summed E-state index contributed by atoms with van der Waals surface area (Å²) in [6.07, 6.45) is 3.98. The summed E-state index contributed by atoms with van der Waals surface area (Å²) in [5.74, 6) is 1.64. The maximum absolute atomic E-state index is 10.4. The van der Waals surface area contributed by atoms with Crippen LogP contribution in [0.4, 0.5) is 5.82 Å². The number of fused-ring (bicyclic) bond motifs is 1. The molecule has 144 valence electrons. The highest BCUT2D eigenvalue weighted by molar-refractivity contribution is 5.92. The molecule has 1 aliphatic heterocycles. The fourth-order valence-corrected chi connectivity index (χ4v) is 4.13. The molecular weight excluding hydrogens is 360 g/mol. The van der Waals surface area contributed by atoms with Gasteiger partial charge in [0.2, 0.25) is 0 Å². The number of nitrogens with zero attached hydrogens (tertiary/aromatic N) is 4. The molecule has 3 heterocycles. The number of rotatable bonds is 3. The molecule has 1 unspecified atom stereocenters. The molecule has 1 fully saturated rings. The molecule has 1 saturated heterocycles. The highest BCUT2D eigenvalue weighted by Gasteiger charge is 2.30. The van der Waals surface area contributed by atoms with Gasteiger partial charge < -0.3 is 10.0 Å². The second-order valence-electron chi connectivity index (χ2n) is 7.51. The van der Waals surface area contributed by atoms with Crippen LogP contribution in [0.1, 0.15) is 30.1 Å². The third-order valence-corrected chi connectivity index (χ3v) is 5.53. The first kappa shape index (κ1) is 17.6. The molecule has 2 aromatic carbocycles. The summed E-state index contributed by atoms with van der Waals surface area (Å²) in [6, 6.07) is 19.8. The van der Waals surface area contributed by atoms with Crippen molar-refractivity contribution < 1.29 is 5.11 Å². The van der Waals surface area contributed by atoms with Gasteiger partial charge in [0.05, 0.1) is 22.8 Å². The Balaban J connectivity index is 1.71. The Hall–Kier alpha value is -3.47. The number of phenolic OH excluding ortho intramolecular Hbond substituents is 1. The summed E-state index contributed by atoms with van der Waals surface area (Å²) in [5, 5.41) is 11.4. The molecule has 1 N–H and O–H groups in total. The van der Waals surface area contributed by atoms with E-state index < -0.39 is 0 Å². The number of pyridine rings is 1. The molecule has 2 aromatic heterocycles. The molecule has 0 aliphatic carbocycles. The zero-order valence-electron chi connectivity index (χ0n) is 16.3. The van der Waals surface area contributed by atoms with Crippen molar-refractivity contribution in [1.29, 1.82) is 0 Å². The molecule has 0 spiro atoms. The van der Waals surface area contributed by atoms with Gasteiger partial charge in [-0.15, -0.1) is 0 Å². The van der Waals surface area contributed by atoms with Crippen molar-refractivity contribution in [1.82, 2.24) is 15.0 Å². The number of aromatic hydroxyl groups is 1. The lowest BCUT2D eigenvalue weighted by molar-refractivity contribution is 0.477. The Morgan fingerprint density at radius 1 is 1.00 bits per heavy atom. The Labute approximate surface area is 169 Å². The van der Waals surface area contributed by atoms with E-state index in [0.29, 0.717) is 11.4 Å². The molecule has 5 rings (SSSR count). The van der Waals surface area contributed by atoms with Crippen molar-refractivity contribution >= 4 is 16.7 Å². The van der Waals surface area contributed by atoms with Gasteiger partial charge in [-0.2, -0.15) is 0 Å². The van der Waals surface area contributed by atoms with Gasteiger partial charge in [0, 0.05) is 18.1 Å². The zero-order chi connectivity index (χ0) is 19.8. The summed E-state index contributed by atoms with van der Waals surface area (Å²) in [4.78, 5) is 16.7.